The van der Waals surface area contributed by atoms with Crippen molar-refractivity contribution in [3.63, 3.8) is 0 Å². The fraction of sp³-hybridized carbons (Fsp3) is 0.364. The molecule has 0 aliphatic carbocycles. The topological polar surface area (TPSA) is 17.3 Å². The molecule has 0 N–H and O–H groups in total. The predicted molar refractivity (Wildman–Crippen MR) is 57.3 cm³/mol. The first-order valence-electron chi connectivity index (χ1n) is 4.52. The molecule has 0 atom stereocenters. The van der Waals surface area contributed by atoms with Gasteiger partial charge in [0.25, 0.3) is 0 Å². The molecule has 2 heteroatoms. The van der Waals surface area contributed by atoms with E-state index in [4.69, 9.17) is 0 Å². The second-order valence-corrected chi connectivity index (χ2v) is 2.49. The molecule has 2 nitrogen and oxygen atoms in total. The second kappa shape index (κ2) is 6.23. The maximum absolute atomic E-state index is 4.07. The van der Waals surface area contributed by atoms with Gasteiger partial charge in [-0.3, -0.25) is 0 Å². The summed E-state index contributed by atoms with van der Waals surface area (Å²) in [5.74, 6) is 0. The Morgan fingerprint density at radius 2 is 2.00 bits per heavy atom. The molecular weight excluding hydrogens is 160 g/mol. The van der Waals surface area contributed by atoms with Crippen LogP contribution in [0.5, 0.6) is 0 Å². The van der Waals surface area contributed by atoms with Crippen LogP contribution in [-0.4, -0.2) is 4.57 Å². The van der Waals surface area contributed by atoms with Crippen LogP contribution in [0.2, 0.25) is 0 Å². The third-order valence-corrected chi connectivity index (χ3v) is 1.48. The van der Waals surface area contributed by atoms with Crippen molar-refractivity contribution >= 4 is 0 Å². The Morgan fingerprint density at radius 3 is 2.46 bits per heavy atom. The Labute approximate surface area is 80.3 Å². The molecule has 0 aliphatic rings. The molecule has 0 amide bonds. The van der Waals surface area contributed by atoms with Crippen LogP contribution in [0.4, 0.5) is 0 Å². The lowest BCUT2D eigenvalue weighted by Crippen LogP contribution is -2.15. The van der Waals surface area contributed by atoms with Crippen molar-refractivity contribution in [2.24, 2.45) is 12.0 Å². The lowest BCUT2D eigenvalue weighted by Gasteiger charge is -1.99. The molecular formula is C11H18N2. The van der Waals surface area contributed by atoms with Crippen molar-refractivity contribution in [1.82, 2.24) is 4.57 Å². The van der Waals surface area contributed by atoms with Crippen LogP contribution in [0.1, 0.15) is 19.4 Å². The van der Waals surface area contributed by atoms with Crippen LogP contribution in [0.25, 0.3) is 0 Å². The largest absolute Gasteiger partial charge is 0.336 e. The zero-order chi connectivity index (χ0) is 10.3. The standard InChI is InChI=1S/C9H12N2.C2H6/c1-4-10-9-6-5-8(2)7-11(9)3;1-2/h4-7H,1H2,2-3H3;1-2H3. The smallest absolute Gasteiger partial charge is 0.132 e. The highest BCUT2D eigenvalue weighted by Crippen LogP contribution is 1.89. The SMILES string of the molecule is C=CN=c1ccc(C)cn1C.CC. The Balaban J connectivity index is 0.000000671. The van der Waals surface area contributed by atoms with E-state index in [1.807, 2.05) is 43.8 Å². The van der Waals surface area contributed by atoms with E-state index in [1.54, 1.807) is 6.20 Å². The quantitative estimate of drug-likeness (QED) is 0.628. The summed E-state index contributed by atoms with van der Waals surface area (Å²) in [6, 6.07) is 4.00. The van der Waals surface area contributed by atoms with Gasteiger partial charge in [0.05, 0.1) is 0 Å². The van der Waals surface area contributed by atoms with E-state index in [2.05, 4.69) is 18.5 Å². The molecule has 0 radical (unpaired) electrons. The summed E-state index contributed by atoms with van der Waals surface area (Å²) < 4.78 is 1.97. The van der Waals surface area contributed by atoms with Crippen molar-refractivity contribution < 1.29 is 0 Å². The first-order valence-corrected chi connectivity index (χ1v) is 4.52. The Morgan fingerprint density at radius 1 is 1.38 bits per heavy atom. The van der Waals surface area contributed by atoms with Crippen molar-refractivity contribution in [3.05, 3.63) is 42.2 Å². The number of hydrogen-bond donors (Lipinski definition) is 0. The molecule has 0 fully saturated rings. The molecule has 0 saturated heterocycles. The monoisotopic (exact) mass is 178 g/mol. The van der Waals surface area contributed by atoms with Crippen molar-refractivity contribution in [1.29, 1.82) is 0 Å². The third kappa shape index (κ3) is 3.74. The highest BCUT2D eigenvalue weighted by atomic mass is 15.0. The fourth-order valence-corrected chi connectivity index (χ4v) is 0.966. The van der Waals surface area contributed by atoms with Gasteiger partial charge in [-0.15, -0.1) is 0 Å². The molecule has 0 saturated carbocycles. The highest BCUT2D eigenvalue weighted by molar-refractivity contribution is 5.06. The third-order valence-electron chi connectivity index (χ3n) is 1.48. The summed E-state index contributed by atoms with van der Waals surface area (Å²) in [6.45, 7) is 9.59. The first-order chi connectivity index (χ1) is 6.24. The lowest BCUT2D eigenvalue weighted by atomic mass is 10.3. The Kier molecular flexibility index (Phi) is 5.60. The summed E-state index contributed by atoms with van der Waals surface area (Å²) in [7, 11) is 1.97. The van der Waals surface area contributed by atoms with E-state index in [-0.39, 0.29) is 0 Å². The van der Waals surface area contributed by atoms with Gasteiger partial charge in [0.15, 0.2) is 0 Å². The van der Waals surface area contributed by atoms with Crippen LogP contribution < -0.4 is 5.49 Å². The van der Waals surface area contributed by atoms with Crippen LogP contribution in [0.15, 0.2) is 36.1 Å². The van der Waals surface area contributed by atoms with Gasteiger partial charge < -0.3 is 4.57 Å². The van der Waals surface area contributed by atoms with Gasteiger partial charge in [0.2, 0.25) is 0 Å². The minimum absolute atomic E-state index is 0.922. The number of aryl methyl sites for hydroxylation is 2. The van der Waals surface area contributed by atoms with Crippen molar-refractivity contribution in [2.75, 3.05) is 0 Å². The molecule has 1 aromatic heterocycles. The van der Waals surface area contributed by atoms with Crippen molar-refractivity contribution in [2.45, 2.75) is 20.8 Å². The predicted octanol–water partition coefficient (Wildman–Crippen LogP) is 2.40. The number of hydrogen-bond acceptors (Lipinski definition) is 1. The molecule has 1 aromatic rings. The van der Waals surface area contributed by atoms with E-state index in [0.717, 1.165) is 5.49 Å². The maximum Gasteiger partial charge on any atom is 0.132 e. The molecule has 0 bridgehead atoms. The number of pyridine rings is 1. The Bertz CT molecular complexity index is 321. The molecule has 0 aromatic carbocycles. The maximum atomic E-state index is 4.07. The molecule has 1 heterocycles. The number of rotatable bonds is 1. The van der Waals surface area contributed by atoms with E-state index < -0.39 is 0 Å². The van der Waals surface area contributed by atoms with E-state index >= 15 is 0 Å². The molecule has 1 rings (SSSR count). The first kappa shape index (κ1) is 11.7. The van der Waals surface area contributed by atoms with Gasteiger partial charge >= 0.3 is 0 Å². The van der Waals surface area contributed by atoms with Crippen LogP contribution in [-0.2, 0) is 7.05 Å². The second-order valence-electron chi connectivity index (χ2n) is 2.49. The lowest BCUT2D eigenvalue weighted by molar-refractivity contribution is 0.827. The van der Waals surface area contributed by atoms with Crippen LogP contribution >= 0.6 is 0 Å². The van der Waals surface area contributed by atoms with Crippen LogP contribution in [0, 0.1) is 6.92 Å². The minimum Gasteiger partial charge on any atom is -0.336 e. The normalized spacial score (nSPS) is 10.3. The summed E-state index contributed by atoms with van der Waals surface area (Å²) in [6.07, 6.45) is 3.58. The number of aromatic nitrogens is 1. The van der Waals surface area contributed by atoms with E-state index in [0.29, 0.717) is 0 Å². The van der Waals surface area contributed by atoms with Gasteiger partial charge in [-0.25, -0.2) is 4.99 Å². The molecule has 72 valence electrons. The Hall–Kier alpha value is -1.31. The van der Waals surface area contributed by atoms with E-state index in [9.17, 15) is 0 Å². The molecule has 0 aliphatic heterocycles. The minimum atomic E-state index is 0.922. The van der Waals surface area contributed by atoms with Gasteiger partial charge in [0.1, 0.15) is 5.49 Å². The fourth-order valence-electron chi connectivity index (χ4n) is 0.966. The zero-order valence-electron chi connectivity index (χ0n) is 8.91. The van der Waals surface area contributed by atoms with Crippen molar-refractivity contribution in [3.8, 4) is 0 Å². The summed E-state index contributed by atoms with van der Waals surface area (Å²) in [5.41, 5.74) is 2.15. The van der Waals surface area contributed by atoms with Gasteiger partial charge in [0, 0.05) is 19.4 Å². The summed E-state index contributed by atoms with van der Waals surface area (Å²) >= 11 is 0. The van der Waals surface area contributed by atoms with Gasteiger partial charge in [-0.2, -0.15) is 0 Å². The molecule has 0 unspecified atom stereocenters. The summed E-state index contributed by atoms with van der Waals surface area (Å²) in [4.78, 5) is 4.07. The molecule has 0 spiro atoms. The van der Waals surface area contributed by atoms with E-state index in [1.165, 1.54) is 5.56 Å². The average molecular weight is 178 g/mol. The van der Waals surface area contributed by atoms with Gasteiger partial charge in [-0.1, -0.05) is 26.5 Å². The molecule has 13 heavy (non-hydrogen) atoms. The van der Waals surface area contributed by atoms with Gasteiger partial charge in [-0.05, 0) is 18.6 Å². The highest BCUT2D eigenvalue weighted by Gasteiger charge is 1.85. The van der Waals surface area contributed by atoms with Crippen LogP contribution in [0.3, 0.4) is 0 Å². The summed E-state index contributed by atoms with van der Waals surface area (Å²) in [5, 5.41) is 0. The number of nitrogens with zero attached hydrogens (tertiary/aromatic N) is 2. The zero-order valence-corrected chi connectivity index (χ0v) is 8.91. The average Bonchev–Trinajstić information content (AvgIpc) is 2.14.